The third-order valence-electron chi connectivity index (χ3n) is 4.15. The van der Waals surface area contributed by atoms with Gasteiger partial charge in [-0.3, -0.25) is 18.7 Å². The number of aryl methyl sites for hydroxylation is 1. The van der Waals surface area contributed by atoms with Gasteiger partial charge in [-0.2, -0.15) is 0 Å². The van der Waals surface area contributed by atoms with Crippen LogP contribution in [0.2, 0.25) is 0 Å². The molecule has 0 aliphatic rings. The van der Waals surface area contributed by atoms with Crippen LogP contribution < -0.4 is 21.3 Å². The van der Waals surface area contributed by atoms with Gasteiger partial charge in [0.2, 0.25) is 5.91 Å². The van der Waals surface area contributed by atoms with Gasteiger partial charge in [0.25, 0.3) is 5.56 Å². The summed E-state index contributed by atoms with van der Waals surface area (Å²) in [6, 6.07) is 7.15. The van der Waals surface area contributed by atoms with Crippen LogP contribution in [0.5, 0.6) is 5.75 Å². The number of nitrogens with one attached hydrogen (secondary N) is 1. The van der Waals surface area contributed by atoms with E-state index >= 15 is 0 Å². The van der Waals surface area contributed by atoms with Crippen molar-refractivity contribution in [3.63, 3.8) is 0 Å². The van der Waals surface area contributed by atoms with Crippen LogP contribution in [0.25, 0.3) is 11.2 Å². The zero-order valence-electron chi connectivity index (χ0n) is 15.4. The van der Waals surface area contributed by atoms with Gasteiger partial charge >= 0.3 is 5.69 Å². The van der Waals surface area contributed by atoms with Crippen LogP contribution in [-0.2, 0) is 25.4 Å². The smallest absolute Gasteiger partial charge is 0.332 e. The second-order valence-corrected chi connectivity index (χ2v) is 6.14. The molecular formula is C18H21N5O4. The van der Waals surface area contributed by atoms with Gasteiger partial charge in [0.15, 0.2) is 11.2 Å². The highest BCUT2D eigenvalue weighted by atomic mass is 16.5. The van der Waals surface area contributed by atoms with Gasteiger partial charge in [-0.25, -0.2) is 9.78 Å². The van der Waals surface area contributed by atoms with Crippen molar-refractivity contribution < 1.29 is 9.53 Å². The summed E-state index contributed by atoms with van der Waals surface area (Å²) in [5, 5.41) is 2.79. The lowest BCUT2D eigenvalue weighted by Gasteiger charge is -2.12. The Hall–Kier alpha value is -3.36. The molecule has 0 bridgehead atoms. The molecule has 142 valence electrons. The van der Waals surface area contributed by atoms with E-state index in [9.17, 15) is 14.4 Å². The quantitative estimate of drug-likeness (QED) is 0.693. The third-order valence-corrected chi connectivity index (χ3v) is 4.15. The maximum Gasteiger partial charge on any atom is 0.332 e. The fraction of sp³-hybridized carbons (Fsp3) is 0.333. The monoisotopic (exact) mass is 371 g/mol. The Morgan fingerprint density at radius 2 is 1.93 bits per heavy atom. The average Bonchev–Trinajstić information content (AvgIpc) is 3.07. The molecule has 3 aromatic rings. The van der Waals surface area contributed by atoms with Crippen LogP contribution >= 0.6 is 0 Å². The zero-order chi connectivity index (χ0) is 19.6. The second kappa shape index (κ2) is 7.48. The number of aromatic nitrogens is 4. The summed E-state index contributed by atoms with van der Waals surface area (Å²) < 4.78 is 9.33. The lowest BCUT2D eigenvalue weighted by molar-refractivity contribution is -0.116. The van der Waals surface area contributed by atoms with Crippen molar-refractivity contribution in [1.29, 1.82) is 0 Å². The number of carbonyl (C=O) groups excluding carboxylic acids is 1. The Balaban J connectivity index is 1.88. The van der Waals surface area contributed by atoms with Crippen molar-refractivity contribution in [3.8, 4) is 5.75 Å². The normalized spacial score (nSPS) is 10.9. The SMILES string of the molecule is CCCOc1ccccc1NC(=O)Cn1cnc2c1c(=O)n(C)c(=O)n2C. The fourth-order valence-corrected chi connectivity index (χ4v) is 2.77. The first kappa shape index (κ1) is 18.4. The maximum absolute atomic E-state index is 12.5. The third kappa shape index (κ3) is 3.48. The molecule has 0 spiro atoms. The van der Waals surface area contributed by atoms with E-state index < -0.39 is 11.2 Å². The number of benzene rings is 1. The number of imidazole rings is 1. The molecule has 0 unspecified atom stereocenters. The number of hydrogen-bond acceptors (Lipinski definition) is 5. The van der Waals surface area contributed by atoms with Crippen LogP contribution in [0.3, 0.4) is 0 Å². The van der Waals surface area contributed by atoms with E-state index in [0.29, 0.717) is 18.0 Å². The van der Waals surface area contributed by atoms with E-state index in [2.05, 4.69) is 10.3 Å². The molecule has 2 heterocycles. The van der Waals surface area contributed by atoms with Crippen molar-refractivity contribution in [1.82, 2.24) is 18.7 Å². The predicted octanol–water partition coefficient (Wildman–Crippen LogP) is 0.861. The van der Waals surface area contributed by atoms with Crippen molar-refractivity contribution in [2.75, 3.05) is 11.9 Å². The summed E-state index contributed by atoms with van der Waals surface area (Å²) in [5.74, 6) is 0.249. The molecule has 27 heavy (non-hydrogen) atoms. The lowest BCUT2D eigenvalue weighted by Crippen LogP contribution is -2.37. The van der Waals surface area contributed by atoms with E-state index in [1.54, 1.807) is 18.2 Å². The van der Waals surface area contributed by atoms with Crippen LogP contribution in [0.15, 0.2) is 40.2 Å². The molecule has 0 fully saturated rings. The topological polar surface area (TPSA) is 100 Å². The molecule has 1 N–H and O–H groups in total. The molecule has 0 saturated carbocycles. The highest BCUT2D eigenvalue weighted by Gasteiger charge is 2.16. The molecule has 9 heteroatoms. The maximum atomic E-state index is 12.5. The molecule has 0 aliphatic carbocycles. The van der Waals surface area contributed by atoms with Gasteiger partial charge in [0.1, 0.15) is 12.3 Å². The minimum Gasteiger partial charge on any atom is -0.491 e. The van der Waals surface area contributed by atoms with E-state index in [4.69, 9.17) is 4.74 Å². The van der Waals surface area contributed by atoms with E-state index in [-0.39, 0.29) is 23.6 Å². The first-order chi connectivity index (χ1) is 12.9. The summed E-state index contributed by atoms with van der Waals surface area (Å²) in [6.07, 6.45) is 2.23. The number of fused-ring (bicyclic) bond motifs is 1. The van der Waals surface area contributed by atoms with Crippen molar-refractivity contribution >= 4 is 22.8 Å². The van der Waals surface area contributed by atoms with Crippen LogP contribution in [0, 0.1) is 0 Å². The number of rotatable bonds is 6. The largest absolute Gasteiger partial charge is 0.491 e. The van der Waals surface area contributed by atoms with E-state index in [0.717, 1.165) is 11.0 Å². The number of hydrogen-bond donors (Lipinski definition) is 1. The summed E-state index contributed by atoms with van der Waals surface area (Å²) in [5.41, 5.74) is 0.0304. The van der Waals surface area contributed by atoms with Crippen molar-refractivity contribution in [3.05, 3.63) is 51.4 Å². The first-order valence-corrected chi connectivity index (χ1v) is 8.56. The predicted molar refractivity (Wildman–Crippen MR) is 101 cm³/mol. The molecule has 2 aromatic heterocycles. The molecule has 0 saturated heterocycles. The Kier molecular flexibility index (Phi) is 5.11. The second-order valence-electron chi connectivity index (χ2n) is 6.14. The molecule has 9 nitrogen and oxygen atoms in total. The standard InChI is InChI=1S/C18H21N5O4/c1-4-9-27-13-8-6-5-7-12(13)20-14(24)10-23-11-19-16-15(23)17(25)22(3)18(26)21(16)2/h5-8,11H,4,9-10H2,1-3H3,(H,20,24). The number of amides is 1. The van der Waals surface area contributed by atoms with Gasteiger partial charge in [-0.05, 0) is 18.6 Å². The highest BCUT2D eigenvalue weighted by molar-refractivity contribution is 5.92. The molecule has 3 rings (SSSR count). The summed E-state index contributed by atoms with van der Waals surface area (Å²) in [7, 11) is 2.92. The first-order valence-electron chi connectivity index (χ1n) is 8.56. The van der Waals surface area contributed by atoms with Gasteiger partial charge in [0.05, 0.1) is 18.6 Å². The minimum absolute atomic E-state index is 0.119. The van der Waals surface area contributed by atoms with Gasteiger partial charge in [-0.1, -0.05) is 19.1 Å². The summed E-state index contributed by atoms with van der Waals surface area (Å²) in [6.45, 7) is 2.42. The molecule has 0 radical (unpaired) electrons. The average molecular weight is 371 g/mol. The molecule has 1 aromatic carbocycles. The summed E-state index contributed by atoms with van der Waals surface area (Å²) in [4.78, 5) is 41.0. The highest BCUT2D eigenvalue weighted by Crippen LogP contribution is 2.24. The van der Waals surface area contributed by atoms with Gasteiger partial charge in [-0.15, -0.1) is 0 Å². The number of carbonyl (C=O) groups is 1. The summed E-state index contributed by atoms with van der Waals surface area (Å²) >= 11 is 0. The Labute approximate surface area is 154 Å². The number of para-hydroxylation sites is 2. The number of anilines is 1. The Morgan fingerprint density at radius 3 is 2.67 bits per heavy atom. The Morgan fingerprint density at radius 1 is 1.19 bits per heavy atom. The van der Waals surface area contributed by atoms with Crippen molar-refractivity contribution in [2.45, 2.75) is 19.9 Å². The van der Waals surface area contributed by atoms with Gasteiger partial charge < -0.3 is 14.6 Å². The number of nitrogens with zero attached hydrogens (tertiary/aromatic N) is 4. The van der Waals surface area contributed by atoms with Gasteiger partial charge in [0, 0.05) is 14.1 Å². The molecule has 1 amide bonds. The fourth-order valence-electron chi connectivity index (χ4n) is 2.77. The molecule has 0 atom stereocenters. The van der Waals surface area contributed by atoms with E-state index in [1.807, 2.05) is 13.0 Å². The van der Waals surface area contributed by atoms with Crippen LogP contribution in [0.4, 0.5) is 5.69 Å². The van der Waals surface area contributed by atoms with Crippen LogP contribution in [-0.4, -0.2) is 31.2 Å². The minimum atomic E-state index is -0.495. The zero-order valence-corrected chi connectivity index (χ0v) is 15.4. The van der Waals surface area contributed by atoms with Crippen LogP contribution in [0.1, 0.15) is 13.3 Å². The number of ether oxygens (including phenoxy) is 1. The van der Waals surface area contributed by atoms with Crippen molar-refractivity contribution in [2.24, 2.45) is 14.1 Å². The lowest BCUT2D eigenvalue weighted by atomic mass is 10.3. The Bertz CT molecular complexity index is 1110. The van der Waals surface area contributed by atoms with E-state index in [1.165, 1.54) is 29.6 Å². The molecular weight excluding hydrogens is 350 g/mol. The molecule has 0 aliphatic heterocycles.